The summed E-state index contributed by atoms with van der Waals surface area (Å²) in [5.41, 5.74) is 1.69. The Bertz CT molecular complexity index is 732. The van der Waals surface area contributed by atoms with E-state index in [4.69, 9.17) is 0 Å². The molecule has 0 bridgehead atoms. The van der Waals surface area contributed by atoms with Crippen LogP contribution in [0.25, 0.3) is 0 Å². The van der Waals surface area contributed by atoms with Crippen LogP contribution in [0.15, 0.2) is 35.7 Å². The smallest absolute Gasteiger partial charge is 0.229 e. The van der Waals surface area contributed by atoms with Crippen LogP contribution in [0.1, 0.15) is 24.1 Å². The largest absolute Gasteiger partial charge is 0.395 e. The van der Waals surface area contributed by atoms with E-state index in [2.05, 4.69) is 4.98 Å². The number of amides is 2. The van der Waals surface area contributed by atoms with Crippen molar-refractivity contribution < 1.29 is 14.7 Å². The molecule has 0 radical (unpaired) electrons. The third-order valence-corrected chi connectivity index (χ3v) is 5.03. The Balaban J connectivity index is 1.65. The van der Waals surface area contributed by atoms with Gasteiger partial charge in [-0.25, -0.2) is 4.98 Å². The fourth-order valence-electron chi connectivity index (χ4n) is 2.84. The highest BCUT2D eigenvalue weighted by Gasteiger charge is 2.25. The molecular formula is C18H21N3O3S. The molecule has 1 aromatic heterocycles. The van der Waals surface area contributed by atoms with Crippen molar-refractivity contribution in [2.75, 3.05) is 24.6 Å². The number of carbonyl (C=O) groups excluding carboxylic acids is 2. The predicted octanol–water partition coefficient (Wildman–Crippen LogP) is 1.83. The normalized spacial score (nSPS) is 14.1. The van der Waals surface area contributed by atoms with Gasteiger partial charge in [0.2, 0.25) is 11.8 Å². The van der Waals surface area contributed by atoms with Gasteiger partial charge in [-0.2, -0.15) is 0 Å². The predicted molar refractivity (Wildman–Crippen MR) is 96.3 cm³/mol. The summed E-state index contributed by atoms with van der Waals surface area (Å²) < 4.78 is 0. The van der Waals surface area contributed by atoms with Crippen LogP contribution in [-0.4, -0.2) is 46.5 Å². The molecule has 1 aliphatic rings. The van der Waals surface area contributed by atoms with Crippen LogP contribution in [0.5, 0.6) is 0 Å². The van der Waals surface area contributed by atoms with Gasteiger partial charge < -0.3 is 10.0 Å². The minimum Gasteiger partial charge on any atom is -0.395 e. The number of hydrogen-bond donors (Lipinski definition) is 1. The Morgan fingerprint density at radius 2 is 2.12 bits per heavy atom. The van der Waals surface area contributed by atoms with E-state index in [0.717, 1.165) is 12.0 Å². The molecule has 132 valence electrons. The summed E-state index contributed by atoms with van der Waals surface area (Å²) >= 11 is 1.40. The third kappa shape index (κ3) is 4.43. The molecule has 3 rings (SSSR count). The molecule has 1 aromatic carbocycles. The summed E-state index contributed by atoms with van der Waals surface area (Å²) in [7, 11) is 0. The van der Waals surface area contributed by atoms with E-state index in [1.165, 1.54) is 11.3 Å². The molecule has 2 heterocycles. The maximum atomic E-state index is 12.6. The number of aliphatic hydroxyl groups excluding tert-OH is 1. The molecule has 1 saturated heterocycles. The zero-order valence-corrected chi connectivity index (χ0v) is 14.7. The number of aromatic nitrogens is 1. The van der Waals surface area contributed by atoms with Gasteiger partial charge in [-0.1, -0.05) is 30.3 Å². The Hall–Kier alpha value is -2.25. The van der Waals surface area contributed by atoms with Crippen molar-refractivity contribution in [1.82, 2.24) is 9.88 Å². The number of thiazole rings is 1. The topological polar surface area (TPSA) is 73.7 Å². The zero-order valence-electron chi connectivity index (χ0n) is 13.9. The summed E-state index contributed by atoms with van der Waals surface area (Å²) in [6.07, 6.45) is 1.59. The van der Waals surface area contributed by atoms with Gasteiger partial charge >= 0.3 is 0 Å². The maximum Gasteiger partial charge on any atom is 0.229 e. The van der Waals surface area contributed by atoms with E-state index >= 15 is 0 Å². The van der Waals surface area contributed by atoms with Gasteiger partial charge in [0, 0.05) is 31.4 Å². The summed E-state index contributed by atoms with van der Waals surface area (Å²) in [4.78, 5) is 32.2. The lowest BCUT2D eigenvalue weighted by molar-refractivity contribution is -0.131. The number of nitrogens with zero attached hydrogens (tertiary/aromatic N) is 3. The van der Waals surface area contributed by atoms with Gasteiger partial charge in [0.1, 0.15) is 0 Å². The van der Waals surface area contributed by atoms with Crippen LogP contribution in [0, 0.1) is 0 Å². The van der Waals surface area contributed by atoms with Crippen molar-refractivity contribution in [2.24, 2.45) is 0 Å². The monoisotopic (exact) mass is 359 g/mol. The van der Waals surface area contributed by atoms with Crippen LogP contribution in [0.3, 0.4) is 0 Å². The highest BCUT2D eigenvalue weighted by atomic mass is 32.1. The van der Waals surface area contributed by atoms with Crippen molar-refractivity contribution in [3.8, 4) is 0 Å². The van der Waals surface area contributed by atoms with E-state index in [0.29, 0.717) is 30.3 Å². The molecule has 7 heteroatoms. The first-order valence-electron chi connectivity index (χ1n) is 8.34. The van der Waals surface area contributed by atoms with Crippen molar-refractivity contribution in [1.29, 1.82) is 0 Å². The molecule has 6 nitrogen and oxygen atoms in total. The number of benzene rings is 1. The number of carbonyl (C=O) groups is 2. The second-order valence-corrected chi connectivity index (χ2v) is 6.81. The van der Waals surface area contributed by atoms with E-state index in [1.54, 1.807) is 9.80 Å². The van der Waals surface area contributed by atoms with E-state index < -0.39 is 0 Å². The molecule has 2 aromatic rings. The Morgan fingerprint density at radius 3 is 2.80 bits per heavy atom. The number of aliphatic hydroxyl groups is 1. The molecule has 0 aliphatic carbocycles. The van der Waals surface area contributed by atoms with Gasteiger partial charge in [-0.15, -0.1) is 11.3 Å². The second-order valence-electron chi connectivity index (χ2n) is 5.97. The Kier molecular flexibility index (Phi) is 5.78. The molecule has 1 N–H and O–H groups in total. The van der Waals surface area contributed by atoms with Crippen LogP contribution in [-0.2, 0) is 22.6 Å². The lowest BCUT2D eigenvalue weighted by atomic mass is 10.2. The van der Waals surface area contributed by atoms with Gasteiger partial charge in [0.05, 0.1) is 18.7 Å². The van der Waals surface area contributed by atoms with Gasteiger partial charge in [-0.3, -0.25) is 14.5 Å². The van der Waals surface area contributed by atoms with Crippen molar-refractivity contribution in [3.63, 3.8) is 0 Å². The van der Waals surface area contributed by atoms with E-state index in [-0.39, 0.29) is 31.4 Å². The lowest BCUT2D eigenvalue weighted by Gasteiger charge is -2.21. The van der Waals surface area contributed by atoms with Gasteiger partial charge in [0.25, 0.3) is 0 Å². The molecule has 0 spiro atoms. The van der Waals surface area contributed by atoms with Crippen molar-refractivity contribution >= 4 is 28.3 Å². The maximum absolute atomic E-state index is 12.6. The van der Waals surface area contributed by atoms with E-state index in [1.807, 2.05) is 35.7 Å². The summed E-state index contributed by atoms with van der Waals surface area (Å²) in [6, 6.07) is 9.70. The van der Waals surface area contributed by atoms with Gasteiger partial charge in [-0.05, 0) is 12.0 Å². The summed E-state index contributed by atoms with van der Waals surface area (Å²) in [5, 5.41) is 11.8. The summed E-state index contributed by atoms with van der Waals surface area (Å²) in [5.74, 6) is 0.0145. The first kappa shape index (κ1) is 17.6. The average Bonchev–Trinajstić information content (AvgIpc) is 3.24. The van der Waals surface area contributed by atoms with Crippen LogP contribution in [0.4, 0.5) is 5.13 Å². The SMILES string of the molecule is O=C(Cc1csc(N2CCCC2=O)n1)N(CCO)Cc1ccccc1. The fraction of sp³-hybridized carbons (Fsp3) is 0.389. The first-order valence-corrected chi connectivity index (χ1v) is 9.22. The van der Waals surface area contributed by atoms with Crippen LogP contribution < -0.4 is 4.90 Å². The van der Waals surface area contributed by atoms with E-state index in [9.17, 15) is 14.7 Å². The average molecular weight is 359 g/mol. The molecular weight excluding hydrogens is 338 g/mol. The first-order chi connectivity index (χ1) is 12.2. The zero-order chi connectivity index (χ0) is 17.6. The molecule has 1 fully saturated rings. The Morgan fingerprint density at radius 1 is 1.32 bits per heavy atom. The Labute approximate surface area is 150 Å². The number of hydrogen-bond acceptors (Lipinski definition) is 5. The number of rotatable bonds is 7. The van der Waals surface area contributed by atoms with Crippen LogP contribution >= 0.6 is 11.3 Å². The molecule has 0 unspecified atom stereocenters. The third-order valence-electron chi connectivity index (χ3n) is 4.12. The van der Waals surface area contributed by atoms with Gasteiger partial charge in [0.15, 0.2) is 5.13 Å². The standard InChI is InChI=1S/C18H21N3O3S/c22-10-9-20(12-14-5-2-1-3-6-14)17(24)11-15-13-25-18(19-15)21-8-4-7-16(21)23/h1-3,5-6,13,22H,4,7-12H2. The lowest BCUT2D eigenvalue weighted by Crippen LogP contribution is -2.34. The molecule has 2 amide bonds. The second kappa shape index (κ2) is 8.22. The highest BCUT2D eigenvalue weighted by molar-refractivity contribution is 7.14. The van der Waals surface area contributed by atoms with Crippen LogP contribution in [0.2, 0.25) is 0 Å². The minimum atomic E-state index is -0.0810. The van der Waals surface area contributed by atoms with Crippen molar-refractivity contribution in [2.45, 2.75) is 25.8 Å². The highest BCUT2D eigenvalue weighted by Crippen LogP contribution is 2.25. The minimum absolute atomic E-state index is 0.0802. The molecule has 1 aliphatic heterocycles. The summed E-state index contributed by atoms with van der Waals surface area (Å²) in [6.45, 7) is 1.37. The molecule has 0 saturated carbocycles. The molecule has 0 atom stereocenters. The van der Waals surface area contributed by atoms with Crippen molar-refractivity contribution in [3.05, 3.63) is 47.0 Å². The fourth-order valence-corrected chi connectivity index (χ4v) is 3.70. The number of anilines is 1. The quantitative estimate of drug-likeness (QED) is 0.819. The molecule has 25 heavy (non-hydrogen) atoms.